The van der Waals surface area contributed by atoms with E-state index in [1.54, 1.807) is 18.3 Å². The standard InChI is InChI=1S/C10H14N2O2/c1-12(2)7-9-8(10(13)14-3)5-4-6-11-9/h4-6H,7H2,1-3H3. The van der Waals surface area contributed by atoms with E-state index in [9.17, 15) is 4.79 Å². The first-order valence-corrected chi connectivity index (χ1v) is 4.32. The van der Waals surface area contributed by atoms with Crippen LogP contribution in [0, 0.1) is 0 Å². The van der Waals surface area contributed by atoms with Crippen molar-refractivity contribution >= 4 is 5.97 Å². The minimum absolute atomic E-state index is 0.338. The van der Waals surface area contributed by atoms with E-state index in [-0.39, 0.29) is 5.97 Å². The molecule has 0 radical (unpaired) electrons. The number of hydrogen-bond acceptors (Lipinski definition) is 4. The number of hydrogen-bond donors (Lipinski definition) is 0. The largest absolute Gasteiger partial charge is 0.465 e. The highest BCUT2D eigenvalue weighted by Crippen LogP contribution is 2.08. The molecule has 0 N–H and O–H groups in total. The van der Waals surface area contributed by atoms with Crippen molar-refractivity contribution in [2.24, 2.45) is 0 Å². The number of carbonyl (C=O) groups is 1. The Morgan fingerprint density at radius 1 is 1.57 bits per heavy atom. The molecule has 0 aliphatic heterocycles. The number of esters is 1. The zero-order chi connectivity index (χ0) is 10.6. The van der Waals surface area contributed by atoms with E-state index in [2.05, 4.69) is 9.72 Å². The lowest BCUT2D eigenvalue weighted by Gasteiger charge is -2.11. The maximum absolute atomic E-state index is 11.3. The molecule has 4 heteroatoms. The molecule has 1 heterocycles. The Bertz CT molecular complexity index is 324. The van der Waals surface area contributed by atoms with Gasteiger partial charge in [-0.2, -0.15) is 0 Å². The second kappa shape index (κ2) is 4.72. The van der Waals surface area contributed by atoms with Gasteiger partial charge in [-0.1, -0.05) is 0 Å². The van der Waals surface area contributed by atoms with Crippen LogP contribution >= 0.6 is 0 Å². The van der Waals surface area contributed by atoms with Gasteiger partial charge in [-0.25, -0.2) is 4.79 Å². The SMILES string of the molecule is COC(=O)c1cccnc1CN(C)C. The lowest BCUT2D eigenvalue weighted by Crippen LogP contribution is -2.16. The van der Waals surface area contributed by atoms with Crippen molar-refractivity contribution in [1.29, 1.82) is 0 Å². The number of nitrogens with zero attached hydrogens (tertiary/aromatic N) is 2. The maximum Gasteiger partial charge on any atom is 0.339 e. The summed E-state index contributed by atoms with van der Waals surface area (Å²) < 4.78 is 4.66. The third-order valence-electron chi connectivity index (χ3n) is 1.76. The van der Waals surface area contributed by atoms with Gasteiger partial charge in [0.05, 0.1) is 18.4 Å². The predicted octanol–water partition coefficient (Wildman–Crippen LogP) is 0.930. The minimum Gasteiger partial charge on any atom is -0.465 e. The molecule has 4 nitrogen and oxygen atoms in total. The second-order valence-electron chi connectivity index (χ2n) is 3.23. The zero-order valence-corrected chi connectivity index (χ0v) is 8.65. The quantitative estimate of drug-likeness (QED) is 0.671. The number of methoxy groups -OCH3 is 1. The smallest absolute Gasteiger partial charge is 0.339 e. The van der Waals surface area contributed by atoms with Crippen LogP contribution in [0.25, 0.3) is 0 Å². The van der Waals surface area contributed by atoms with Crippen LogP contribution < -0.4 is 0 Å². The first-order valence-electron chi connectivity index (χ1n) is 4.32. The van der Waals surface area contributed by atoms with Crippen LogP contribution in [0.2, 0.25) is 0 Å². The van der Waals surface area contributed by atoms with Gasteiger partial charge in [-0.3, -0.25) is 4.98 Å². The summed E-state index contributed by atoms with van der Waals surface area (Å²) in [4.78, 5) is 17.4. The molecule has 0 atom stereocenters. The van der Waals surface area contributed by atoms with Crippen molar-refractivity contribution in [3.05, 3.63) is 29.6 Å². The molecule has 0 unspecified atom stereocenters. The molecule has 1 aromatic rings. The van der Waals surface area contributed by atoms with Gasteiger partial charge in [0, 0.05) is 12.7 Å². The van der Waals surface area contributed by atoms with Gasteiger partial charge in [0.25, 0.3) is 0 Å². The summed E-state index contributed by atoms with van der Waals surface area (Å²) in [5.41, 5.74) is 1.27. The van der Waals surface area contributed by atoms with Crippen LogP contribution in [-0.4, -0.2) is 37.1 Å². The Balaban J connectivity index is 2.97. The maximum atomic E-state index is 11.3. The molecule has 0 amide bonds. The third kappa shape index (κ3) is 2.53. The van der Waals surface area contributed by atoms with Crippen LogP contribution in [0.4, 0.5) is 0 Å². The first-order chi connectivity index (χ1) is 6.65. The van der Waals surface area contributed by atoms with E-state index in [4.69, 9.17) is 0 Å². The summed E-state index contributed by atoms with van der Waals surface area (Å²) in [7, 11) is 5.22. The van der Waals surface area contributed by atoms with Crippen LogP contribution in [0.1, 0.15) is 16.1 Å². The number of carbonyl (C=O) groups excluding carboxylic acids is 1. The van der Waals surface area contributed by atoms with Crippen LogP contribution in [0.3, 0.4) is 0 Å². The van der Waals surface area contributed by atoms with Gasteiger partial charge in [-0.15, -0.1) is 0 Å². The minimum atomic E-state index is -0.338. The van der Waals surface area contributed by atoms with Crippen molar-refractivity contribution < 1.29 is 9.53 Å². The molecule has 0 spiro atoms. The average Bonchev–Trinajstić information content (AvgIpc) is 2.16. The van der Waals surface area contributed by atoms with Gasteiger partial charge < -0.3 is 9.64 Å². The average molecular weight is 194 g/mol. The zero-order valence-electron chi connectivity index (χ0n) is 8.65. The Labute approximate surface area is 83.5 Å². The van der Waals surface area contributed by atoms with Gasteiger partial charge in [0.2, 0.25) is 0 Å². The summed E-state index contributed by atoms with van der Waals surface area (Å²) in [5, 5.41) is 0. The molecule has 0 saturated heterocycles. The summed E-state index contributed by atoms with van der Waals surface area (Å²) in [6, 6.07) is 3.45. The molecule has 0 saturated carbocycles. The lowest BCUT2D eigenvalue weighted by molar-refractivity contribution is 0.0598. The number of ether oxygens (including phenoxy) is 1. The molecule has 0 aliphatic carbocycles. The lowest BCUT2D eigenvalue weighted by atomic mass is 10.2. The third-order valence-corrected chi connectivity index (χ3v) is 1.76. The predicted molar refractivity (Wildman–Crippen MR) is 53.0 cm³/mol. The fraction of sp³-hybridized carbons (Fsp3) is 0.400. The Morgan fingerprint density at radius 3 is 2.86 bits per heavy atom. The molecule has 1 aromatic heterocycles. The summed E-state index contributed by atoms with van der Waals surface area (Å²) in [6.45, 7) is 0.630. The van der Waals surface area contributed by atoms with Crippen molar-refractivity contribution in [1.82, 2.24) is 9.88 Å². The number of aromatic nitrogens is 1. The number of pyridine rings is 1. The van der Waals surface area contributed by atoms with Crippen LogP contribution in [0.15, 0.2) is 18.3 Å². The van der Waals surface area contributed by atoms with Crippen molar-refractivity contribution in [2.45, 2.75) is 6.54 Å². The molecule has 1 rings (SSSR count). The molecule has 0 aliphatic rings. The monoisotopic (exact) mass is 194 g/mol. The van der Waals surface area contributed by atoms with Gasteiger partial charge in [-0.05, 0) is 26.2 Å². The molecule has 0 fully saturated rings. The highest BCUT2D eigenvalue weighted by molar-refractivity contribution is 5.90. The van der Waals surface area contributed by atoms with E-state index in [1.165, 1.54) is 7.11 Å². The summed E-state index contributed by atoms with van der Waals surface area (Å²) in [5.74, 6) is -0.338. The van der Waals surface area contributed by atoms with Gasteiger partial charge in [0.1, 0.15) is 0 Å². The number of rotatable bonds is 3. The summed E-state index contributed by atoms with van der Waals surface area (Å²) >= 11 is 0. The van der Waals surface area contributed by atoms with Gasteiger partial charge >= 0.3 is 5.97 Å². The fourth-order valence-electron chi connectivity index (χ4n) is 1.16. The summed E-state index contributed by atoms with van der Waals surface area (Å²) in [6.07, 6.45) is 1.67. The molecule has 0 aromatic carbocycles. The Kier molecular flexibility index (Phi) is 3.59. The first kappa shape index (κ1) is 10.7. The van der Waals surface area contributed by atoms with E-state index < -0.39 is 0 Å². The topological polar surface area (TPSA) is 42.4 Å². The fourth-order valence-corrected chi connectivity index (χ4v) is 1.16. The molecule has 14 heavy (non-hydrogen) atoms. The normalized spacial score (nSPS) is 10.3. The molecule has 0 bridgehead atoms. The highest BCUT2D eigenvalue weighted by Gasteiger charge is 2.12. The van der Waals surface area contributed by atoms with E-state index in [0.717, 1.165) is 5.69 Å². The molecule has 76 valence electrons. The Hall–Kier alpha value is -1.42. The van der Waals surface area contributed by atoms with Crippen molar-refractivity contribution in [2.75, 3.05) is 21.2 Å². The van der Waals surface area contributed by atoms with E-state index >= 15 is 0 Å². The molecular formula is C10H14N2O2. The second-order valence-corrected chi connectivity index (χ2v) is 3.23. The van der Waals surface area contributed by atoms with Gasteiger partial charge in [0.15, 0.2) is 0 Å². The van der Waals surface area contributed by atoms with Crippen molar-refractivity contribution in [3.8, 4) is 0 Å². The Morgan fingerprint density at radius 2 is 2.29 bits per heavy atom. The van der Waals surface area contributed by atoms with Crippen LogP contribution in [0.5, 0.6) is 0 Å². The van der Waals surface area contributed by atoms with Crippen molar-refractivity contribution in [3.63, 3.8) is 0 Å². The van der Waals surface area contributed by atoms with Crippen LogP contribution in [-0.2, 0) is 11.3 Å². The van der Waals surface area contributed by atoms with E-state index in [1.807, 2.05) is 19.0 Å². The molecular weight excluding hydrogens is 180 g/mol. The highest BCUT2D eigenvalue weighted by atomic mass is 16.5. The van der Waals surface area contributed by atoms with E-state index in [0.29, 0.717) is 12.1 Å².